The largest absolute Gasteiger partial charge is 0.371 e. The molecule has 0 aromatic heterocycles. The Bertz CT molecular complexity index is 428. The highest BCUT2D eigenvalue weighted by Gasteiger charge is 2.21. The van der Waals surface area contributed by atoms with Gasteiger partial charge in [0.05, 0.1) is 0 Å². The van der Waals surface area contributed by atoms with Crippen LogP contribution in [0.4, 0.5) is 11.4 Å². The average Bonchev–Trinajstić information content (AvgIpc) is 2.81. The van der Waals surface area contributed by atoms with Crippen LogP contribution in [0.25, 0.3) is 0 Å². The van der Waals surface area contributed by atoms with Gasteiger partial charge in [0.15, 0.2) is 0 Å². The zero-order valence-electron chi connectivity index (χ0n) is 11.5. The van der Waals surface area contributed by atoms with Crippen molar-refractivity contribution in [1.82, 2.24) is 0 Å². The maximum absolute atomic E-state index is 11.9. The summed E-state index contributed by atoms with van der Waals surface area (Å²) in [6.07, 6.45) is 2.52. The smallest absolute Gasteiger partial charge is 0.229 e. The van der Waals surface area contributed by atoms with E-state index in [0.29, 0.717) is 0 Å². The van der Waals surface area contributed by atoms with Crippen LogP contribution in [0.15, 0.2) is 24.3 Å². The molecule has 1 amide bonds. The summed E-state index contributed by atoms with van der Waals surface area (Å²) in [6.45, 7) is 8.01. The number of amides is 1. The highest BCUT2D eigenvalue weighted by atomic mass is 16.2. The molecule has 0 bridgehead atoms. The van der Waals surface area contributed by atoms with Gasteiger partial charge in [-0.2, -0.15) is 0 Å². The van der Waals surface area contributed by atoms with E-state index >= 15 is 0 Å². The molecule has 1 aliphatic rings. The van der Waals surface area contributed by atoms with E-state index in [-0.39, 0.29) is 11.3 Å². The van der Waals surface area contributed by atoms with E-state index in [1.54, 1.807) is 0 Å². The summed E-state index contributed by atoms with van der Waals surface area (Å²) in [5.41, 5.74) is 1.74. The molecule has 0 unspecified atom stereocenters. The van der Waals surface area contributed by atoms with Crippen molar-refractivity contribution in [1.29, 1.82) is 0 Å². The van der Waals surface area contributed by atoms with E-state index in [2.05, 4.69) is 22.3 Å². The number of rotatable bonds is 2. The van der Waals surface area contributed by atoms with Crippen LogP contribution in [0.5, 0.6) is 0 Å². The van der Waals surface area contributed by atoms with E-state index < -0.39 is 0 Å². The van der Waals surface area contributed by atoms with Gasteiger partial charge in [-0.15, -0.1) is 0 Å². The van der Waals surface area contributed by atoms with Crippen LogP contribution in [0, 0.1) is 5.41 Å². The molecule has 3 heteroatoms. The number of nitrogens with one attached hydrogen (secondary N) is 1. The van der Waals surface area contributed by atoms with Gasteiger partial charge in [0.25, 0.3) is 0 Å². The lowest BCUT2D eigenvalue weighted by Gasteiger charge is -2.20. The molecule has 1 heterocycles. The molecule has 18 heavy (non-hydrogen) atoms. The molecule has 0 saturated carbocycles. The van der Waals surface area contributed by atoms with Crippen LogP contribution in [0.1, 0.15) is 33.6 Å². The Labute approximate surface area is 109 Å². The maximum Gasteiger partial charge on any atom is 0.229 e. The Balaban J connectivity index is 2.10. The molecular formula is C15H22N2O. The second kappa shape index (κ2) is 5.01. The minimum absolute atomic E-state index is 0.0565. The third kappa shape index (κ3) is 3.03. The van der Waals surface area contributed by atoms with Gasteiger partial charge in [-0.25, -0.2) is 0 Å². The van der Waals surface area contributed by atoms with Crippen LogP contribution in [0.3, 0.4) is 0 Å². The lowest BCUT2D eigenvalue weighted by molar-refractivity contribution is -0.123. The molecule has 1 fully saturated rings. The first-order chi connectivity index (χ1) is 8.47. The lowest BCUT2D eigenvalue weighted by Crippen LogP contribution is -2.27. The number of carbonyl (C=O) groups excluding carboxylic acids is 1. The molecule has 1 aromatic carbocycles. The average molecular weight is 246 g/mol. The van der Waals surface area contributed by atoms with Crippen molar-refractivity contribution in [2.24, 2.45) is 5.41 Å². The van der Waals surface area contributed by atoms with Crippen LogP contribution in [0.2, 0.25) is 0 Å². The van der Waals surface area contributed by atoms with Gasteiger partial charge in [0.2, 0.25) is 5.91 Å². The van der Waals surface area contributed by atoms with Crippen molar-refractivity contribution in [3.63, 3.8) is 0 Å². The lowest BCUT2D eigenvalue weighted by atomic mass is 9.95. The molecule has 0 spiro atoms. The number of carbonyl (C=O) groups is 1. The van der Waals surface area contributed by atoms with Gasteiger partial charge in [-0.3, -0.25) is 4.79 Å². The summed E-state index contributed by atoms with van der Waals surface area (Å²) in [4.78, 5) is 14.3. The van der Waals surface area contributed by atoms with Crippen LogP contribution >= 0.6 is 0 Å². The van der Waals surface area contributed by atoms with Gasteiger partial charge in [-0.05, 0) is 31.0 Å². The van der Waals surface area contributed by atoms with Crippen molar-refractivity contribution in [3.05, 3.63) is 24.3 Å². The van der Waals surface area contributed by atoms with E-state index in [1.807, 2.05) is 32.9 Å². The number of hydrogen-bond donors (Lipinski definition) is 1. The minimum Gasteiger partial charge on any atom is -0.371 e. The van der Waals surface area contributed by atoms with Crippen LogP contribution in [-0.2, 0) is 4.79 Å². The predicted octanol–water partition coefficient (Wildman–Crippen LogP) is 3.27. The molecule has 0 radical (unpaired) electrons. The maximum atomic E-state index is 11.9. The zero-order chi connectivity index (χ0) is 13.2. The normalized spacial score (nSPS) is 15.8. The molecule has 0 aliphatic carbocycles. The van der Waals surface area contributed by atoms with Gasteiger partial charge in [-0.1, -0.05) is 26.8 Å². The molecule has 0 atom stereocenters. The van der Waals surface area contributed by atoms with Crippen molar-refractivity contribution < 1.29 is 4.79 Å². The van der Waals surface area contributed by atoms with E-state index in [4.69, 9.17) is 0 Å². The number of nitrogens with zero attached hydrogens (tertiary/aromatic N) is 1. The van der Waals surface area contributed by atoms with Crippen molar-refractivity contribution in [2.75, 3.05) is 23.3 Å². The molecule has 1 saturated heterocycles. The standard InChI is InChI=1S/C15H22N2O/c1-15(2,3)14(18)16-12-7-6-8-13(11-12)17-9-4-5-10-17/h6-8,11H,4-5,9-10H2,1-3H3,(H,16,18). The van der Waals surface area contributed by atoms with E-state index in [0.717, 1.165) is 18.8 Å². The topological polar surface area (TPSA) is 32.3 Å². The van der Waals surface area contributed by atoms with Crippen molar-refractivity contribution in [3.8, 4) is 0 Å². The molecule has 98 valence electrons. The number of anilines is 2. The summed E-state index contributed by atoms with van der Waals surface area (Å²) in [5.74, 6) is 0.0565. The Morgan fingerprint density at radius 2 is 1.89 bits per heavy atom. The SMILES string of the molecule is CC(C)(C)C(=O)Nc1cccc(N2CCCC2)c1. The van der Waals surface area contributed by atoms with Crippen molar-refractivity contribution in [2.45, 2.75) is 33.6 Å². The molecule has 3 nitrogen and oxygen atoms in total. The predicted molar refractivity (Wildman–Crippen MR) is 76.0 cm³/mol. The first kappa shape index (κ1) is 12.9. The Morgan fingerprint density at radius 1 is 1.22 bits per heavy atom. The Hall–Kier alpha value is -1.51. The Kier molecular flexibility index (Phi) is 3.60. The monoisotopic (exact) mass is 246 g/mol. The first-order valence-corrected chi connectivity index (χ1v) is 6.63. The summed E-state index contributed by atoms with van der Waals surface area (Å²) >= 11 is 0. The second-order valence-corrected chi connectivity index (χ2v) is 5.95. The van der Waals surface area contributed by atoms with E-state index in [9.17, 15) is 4.79 Å². The van der Waals surface area contributed by atoms with Crippen molar-refractivity contribution >= 4 is 17.3 Å². The quantitative estimate of drug-likeness (QED) is 0.868. The molecule has 1 aromatic rings. The van der Waals surface area contributed by atoms with Crippen LogP contribution in [-0.4, -0.2) is 19.0 Å². The first-order valence-electron chi connectivity index (χ1n) is 6.63. The molecular weight excluding hydrogens is 224 g/mol. The number of benzene rings is 1. The highest BCUT2D eigenvalue weighted by Crippen LogP contribution is 2.24. The van der Waals surface area contributed by atoms with Gasteiger partial charge in [0, 0.05) is 29.9 Å². The fourth-order valence-corrected chi connectivity index (χ4v) is 2.07. The molecule has 2 rings (SSSR count). The fraction of sp³-hybridized carbons (Fsp3) is 0.533. The summed E-state index contributed by atoms with van der Waals surface area (Å²) in [7, 11) is 0. The van der Waals surface area contributed by atoms with Gasteiger partial charge >= 0.3 is 0 Å². The highest BCUT2D eigenvalue weighted by molar-refractivity contribution is 5.94. The van der Waals surface area contributed by atoms with Crippen LogP contribution < -0.4 is 10.2 Å². The zero-order valence-corrected chi connectivity index (χ0v) is 11.5. The number of hydrogen-bond acceptors (Lipinski definition) is 2. The molecule has 1 N–H and O–H groups in total. The Morgan fingerprint density at radius 3 is 2.50 bits per heavy atom. The van der Waals surface area contributed by atoms with Gasteiger partial charge in [0.1, 0.15) is 0 Å². The van der Waals surface area contributed by atoms with E-state index in [1.165, 1.54) is 18.5 Å². The second-order valence-electron chi connectivity index (χ2n) is 5.95. The van der Waals surface area contributed by atoms with Gasteiger partial charge < -0.3 is 10.2 Å². The summed E-state index contributed by atoms with van der Waals surface area (Å²) < 4.78 is 0. The third-order valence-electron chi connectivity index (χ3n) is 3.26. The molecule has 1 aliphatic heterocycles. The summed E-state index contributed by atoms with van der Waals surface area (Å²) in [6, 6.07) is 8.13. The fourth-order valence-electron chi connectivity index (χ4n) is 2.07. The third-order valence-corrected chi connectivity index (χ3v) is 3.26. The minimum atomic E-state index is -0.357. The summed E-state index contributed by atoms with van der Waals surface area (Å²) in [5, 5.41) is 2.98.